The summed E-state index contributed by atoms with van der Waals surface area (Å²) in [6.07, 6.45) is 1.01. The molecule has 1 aromatic carbocycles. The Kier molecular flexibility index (Phi) is 5.63. The summed E-state index contributed by atoms with van der Waals surface area (Å²) >= 11 is 0. The molecule has 96 valence electrons. The molecule has 0 atom stereocenters. The Bertz CT molecular complexity index is 336. The third kappa shape index (κ3) is 3.53. The van der Waals surface area contributed by atoms with Crippen LogP contribution in [0.15, 0.2) is 18.2 Å². The molecule has 17 heavy (non-hydrogen) atoms. The summed E-state index contributed by atoms with van der Waals surface area (Å²) in [5.41, 5.74) is 7.67. The van der Waals surface area contributed by atoms with Gasteiger partial charge in [-0.3, -0.25) is 0 Å². The lowest BCUT2D eigenvalue weighted by molar-refractivity contribution is 0.301. The van der Waals surface area contributed by atoms with Crippen LogP contribution in [-0.4, -0.2) is 31.4 Å². The standard InChI is InChI=1S/C13H22N2O2/c1-3-8-15(9-10-16)11-6-5-7-12(13(11)14)17-4-2/h5-7,16H,3-4,8-10,14H2,1-2H3. The van der Waals surface area contributed by atoms with E-state index >= 15 is 0 Å². The predicted octanol–water partition coefficient (Wildman–Crippen LogP) is 1.88. The molecule has 0 amide bonds. The van der Waals surface area contributed by atoms with Crippen LogP contribution in [0.4, 0.5) is 11.4 Å². The fourth-order valence-electron chi connectivity index (χ4n) is 1.83. The van der Waals surface area contributed by atoms with Gasteiger partial charge in [-0.1, -0.05) is 13.0 Å². The highest BCUT2D eigenvalue weighted by atomic mass is 16.5. The summed E-state index contributed by atoms with van der Waals surface area (Å²) in [4.78, 5) is 2.08. The summed E-state index contributed by atoms with van der Waals surface area (Å²) < 4.78 is 5.47. The van der Waals surface area contributed by atoms with Gasteiger partial charge >= 0.3 is 0 Å². The quantitative estimate of drug-likeness (QED) is 0.712. The summed E-state index contributed by atoms with van der Waals surface area (Å²) in [5, 5.41) is 9.07. The second kappa shape index (κ2) is 7.01. The van der Waals surface area contributed by atoms with Gasteiger partial charge in [0.05, 0.1) is 24.6 Å². The number of hydrogen-bond acceptors (Lipinski definition) is 4. The van der Waals surface area contributed by atoms with Gasteiger partial charge < -0.3 is 20.5 Å². The molecule has 4 nitrogen and oxygen atoms in total. The molecule has 4 heteroatoms. The van der Waals surface area contributed by atoms with Crippen LogP contribution in [0.25, 0.3) is 0 Å². The van der Waals surface area contributed by atoms with Crippen molar-refractivity contribution in [3.63, 3.8) is 0 Å². The first-order valence-corrected chi connectivity index (χ1v) is 6.11. The van der Waals surface area contributed by atoms with Crippen molar-refractivity contribution < 1.29 is 9.84 Å². The Labute approximate surface area is 103 Å². The zero-order valence-electron chi connectivity index (χ0n) is 10.6. The molecule has 0 aliphatic rings. The number of aliphatic hydroxyl groups is 1. The lowest BCUT2D eigenvalue weighted by atomic mass is 10.2. The second-order valence-electron chi connectivity index (χ2n) is 3.83. The van der Waals surface area contributed by atoms with Crippen molar-refractivity contribution in [1.82, 2.24) is 0 Å². The second-order valence-corrected chi connectivity index (χ2v) is 3.83. The van der Waals surface area contributed by atoms with Crippen LogP contribution in [0, 0.1) is 0 Å². The van der Waals surface area contributed by atoms with Gasteiger partial charge in [0, 0.05) is 13.1 Å². The van der Waals surface area contributed by atoms with E-state index in [1.807, 2.05) is 25.1 Å². The fourth-order valence-corrected chi connectivity index (χ4v) is 1.83. The molecular weight excluding hydrogens is 216 g/mol. The minimum absolute atomic E-state index is 0.123. The maximum absolute atomic E-state index is 9.07. The molecule has 0 fully saturated rings. The highest BCUT2D eigenvalue weighted by Gasteiger charge is 2.11. The molecule has 0 spiro atoms. The number of aliphatic hydroxyl groups excluding tert-OH is 1. The molecule has 0 saturated heterocycles. The highest BCUT2D eigenvalue weighted by molar-refractivity contribution is 5.74. The first-order valence-electron chi connectivity index (χ1n) is 6.11. The van der Waals surface area contributed by atoms with Crippen LogP contribution >= 0.6 is 0 Å². The lowest BCUT2D eigenvalue weighted by Gasteiger charge is -2.25. The molecule has 0 unspecified atom stereocenters. The number of nitrogens with two attached hydrogens (primary N) is 1. The van der Waals surface area contributed by atoms with E-state index in [0.717, 1.165) is 18.7 Å². The van der Waals surface area contributed by atoms with E-state index in [1.165, 1.54) is 0 Å². The Balaban J connectivity index is 2.97. The Morgan fingerprint density at radius 2 is 2.06 bits per heavy atom. The Hall–Kier alpha value is -1.42. The van der Waals surface area contributed by atoms with Crippen molar-refractivity contribution in [3.8, 4) is 5.75 Å². The lowest BCUT2D eigenvalue weighted by Crippen LogP contribution is -2.28. The van der Waals surface area contributed by atoms with Gasteiger partial charge in [-0.2, -0.15) is 0 Å². The highest BCUT2D eigenvalue weighted by Crippen LogP contribution is 2.32. The van der Waals surface area contributed by atoms with E-state index in [2.05, 4.69) is 11.8 Å². The minimum atomic E-state index is 0.123. The molecule has 1 aromatic rings. The third-order valence-electron chi connectivity index (χ3n) is 2.55. The topological polar surface area (TPSA) is 58.7 Å². The van der Waals surface area contributed by atoms with Crippen LogP contribution in [-0.2, 0) is 0 Å². The van der Waals surface area contributed by atoms with Gasteiger partial charge in [0.15, 0.2) is 0 Å². The van der Waals surface area contributed by atoms with Gasteiger partial charge in [-0.15, -0.1) is 0 Å². The van der Waals surface area contributed by atoms with Crippen LogP contribution in [0.3, 0.4) is 0 Å². The van der Waals surface area contributed by atoms with Gasteiger partial charge in [-0.25, -0.2) is 0 Å². The molecule has 0 aromatic heterocycles. The van der Waals surface area contributed by atoms with E-state index in [0.29, 0.717) is 24.6 Å². The van der Waals surface area contributed by atoms with Crippen molar-refractivity contribution in [1.29, 1.82) is 0 Å². The summed E-state index contributed by atoms with van der Waals surface area (Å²) in [5.74, 6) is 0.712. The SMILES string of the molecule is CCCN(CCO)c1cccc(OCC)c1N. The number of nitrogen functional groups attached to an aromatic ring is 1. The molecule has 1 rings (SSSR count). The molecule has 0 aliphatic carbocycles. The van der Waals surface area contributed by atoms with Crippen molar-refractivity contribution in [3.05, 3.63) is 18.2 Å². The van der Waals surface area contributed by atoms with Gasteiger partial charge in [0.1, 0.15) is 5.75 Å². The maximum atomic E-state index is 9.07. The molecule has 0 heterocycles. The number of para-hydroxylation sites is 1. The van der Waals surface area contributed by atoms with Crippen molar-refractivity contribution in [2.24, 2.45) is 0 Å². The van der Waals surface area contributed by atoms with Crippen LogP contribution in [0.1, 0.15) is 20.3 Å². The molecule has 0 aliphatic heterocycles. The normalized spacial score (nSPS) is 10.3. The monoisotopic (exact) mass is 238 g/mol. The van der Waals surface area contributed by atoms with Gasteiger partial charge in [0.2, 0.25) is 0 Å². The summed E-state index contributed by atoms with van der Waals surface area (Å²) in [6.45, 7) is 6.23. The fraction of sp³-hybridized carbons (Fsp3) is 0.538. The van der Waals surface area contributed by atoms with Crippen molar-refractivity contribution in [2.75, 3.05) is 36.9 Å². The van der Waals surface area contributed by atoms with E-state index in [4.69, 9.17) is 15.6 Å². The molecule has 0 bridgehead atoms. The van der Waals surface area contributed by atoms with Gasteiger partial charge in [-0.05, 0) is 25.5 Å². The van der Waals surface area contributed by atoms with E-state index < -0.39 is 0 Å². The number of ether oxygens (including phenoxy) is 1. The first kappa shape index (κ1) is 13.6. The number of benzene rings is 1. The van der Waals surface area contributed by atoms with Crippen LogP contribution < -0.4 is 15.4 Å². The Morgan fingerprint density at radius 1 is 1.29 bits per heavy atom. The number of rotatable bonds is 7. The zero-order valence-corrected chi connectivity index (χ0v) is 10.6. The molecule has 3 N–H and O–H groups in total. The minimum Gasteiger partial charge on any atom is -0.492 e. The van der Waals surface area contributed by atoms with Crippen molar-refractivity contribution in [2.45, 2.75) is 20.3 Å². The summed E-state index contributed by atoms with van der Waals surface area (Å²) in [7, 11) is 0. The van der Waals surface area contributed by atoms with Gasteiger partial charge in [0.25, 0.3) is 0 Å². The average molecular weight is 238 g/mol. The van der Waals surface area contributed by atoms with Crippen LogP contribution in [0.2, 0.25) is 0 Å². The number of nitrogens with zero attached hydrogens (tertiary/aromatic N) is 1. The van der Waals surface area contributed by atoms with Crippen molar-refractivity contribution >= 4 is 11.4 Å². The number of anilines is 2. The first-order chi connectivity index (χ1) is 8.24. The van der Waals surface area contributed by atoms with Crippen LogP contribution in [0.5, 0.6) is 5.75 Å². The van der Waals surface area contributed by atoms with E-state index in [1.54, 1.807) is 0 Å². The average Bonchev–Trinajstić information content (AvgIpc) is 2.32. The molecule has 0 saturated carbocycles. The maximum Gasteiger partial charge on any atom is 0.144 e. The predicted molar refractivity (Wildman–Crippen MR) is 71.6 cm³/mol. The largest absolute Gasteiger partial charge is 0.492 e. The van der Waals surface area contributed by atoms with E-state index in [-0.39, 0.29) is 6.61 Å². The summed E-state index contributed by atoms with van der Waals surface area (Å²) in [6, 6.07) is 5.76. The molecule has 0 radical (unpaired) electrons. The Morgan fingerprint density at radius 3 is 2.65 bits per heavy atom. The third-order valence-corrected chi connectivity index (χ3v) is 2.55. The van der Waals surface area contributed by atoms with E-state index in [9.17, 15) is 0 Å². The smallest absolute Gasteiger partial charge is 0.144 e. The number of hydrogen-bond donors (Lipinski definition) is 2. The molecular formula is C13H22N2O2. The zero-order chi connectivity index (χ0) is 12.7.